The normalized spacial score (nSPS) is 21.0. The van der Waals surface area contributed by atoms with Gasteiger partial charge in [0.1, 0.15) is 17.5 Å². The molecule has 1 aliphatic carbocycles. The van der Waals surface area contributed by atoms with Crippen LogP contribution in [0.5, 0.6) is 0 Å². The second-order valence-corrected chi connectivity index (χ2v) is 9.19. The summed E-state index contributed by atoms with van der Waals surface area (Å²) in [5, 5.41) is 2.93. The van der Waals surface area contributed by atoms with Crippen molar-refractivity contribution in [3.8, 4) is 0 Å². The molecular formula is C23H33N4O3+. The third-order valence-corrected chi connectivity index (χ3v) is 5.98. The standard InChI is InChI=1S/C23H32N4O3/c1-17(21-19(28)15-23(2,3)16-20(21)29)24-9-10-26-11-13-27(14-12-26)22(30)25-18-7-5-4-6-8-18/h4-8,21H,9-16H2,1-3H3,(H,25,30)/p+1. The van der Waals surface area contributed by atoms with Crippen LogP contribution >= 0.6 is 0 Å². The maximum absolute atomic E-state index is 12.4. The van der Waals surface area contributed by atoms with Crippen LogP contribution in [0.25, 0.3) is 0 Å². The second-order valence-electron chi connectivity index (χ2n) is 9.19. The summed E-state index contributed by atoms with van der Waals surface area (Å²) < 4.78 is 0. The van der Waals surface area contributed by atoms with Gasteiger partial charge in [0.25, 0.3) is 0 Å². The largest absolute Gasteiger partial charge is 0.330 e. The molecule has 2 fully saturated rings. The van der Waals surface area contributed by atoms with Gasteiger partial charge in [-0.15, -0.1) is 0 Å². The van der Waals surface area contributed by atoms with Crippen molar-refractivity contribution in [3.63, 3.8) is 0 Å². The lowest BCUT2D eigenvalue weighted by molar-refractivity contribution is -0.902. The smallest absolute Gasteiger partial charge is 0.322 e. The first-order valence-electron chi connectivity index (χ1n) is 10.8. The van der Waals surface area contributed by atoms with Crippen LogP contribution in [0.3, 0.4) is 0 Å². The Bertz CT molecular complexity index is 791. The molecule has 2 N–H and O–H groups in total. The number of hydrogen-bond donors (Lipinski definition) is 2. The van der Waals surface area contributed by atoms with Gasteiger partial charge in [0.2, 0.25) is 0 Å². The third-order valence-electron chi connectivity index (χ3n) is 5.98. The molecule has 0 spiro atoms. The van der Waals surface area contributed by atoms with E-state index in [2.05, 4.69) is 10.3 Å². The fraction of sp³-hybridized carbons (Fsp3) is 0.565. The van der Waals surface area contributed by atoms with E-state index in [1.165, 1.54) is 4.90 Å². The van der Waals surface area contributed by atoms with E-state index >= 15 is 0 Å². The molecule has 7 nitrogen and oxygen atoms in total. The molecule has 1 saturated carbocycles. The number of nitrogens with one attached hydrogen (secondary N) is 2. The van der Waals surface area contributed by atoms with Gasteiger partial charge >= 0.3 is 6.03 Å². The zero-order valence-electron chi connectivity index (χ0n) is 18.2. The highest BCUT2D eigenvalue weighted by molar-refractivity contribution is 6.21. The van der Waals surface area contributed by atoms with Gasteiger partial charge in [-0.05, 0) is 24.5 Å². The van der Waals surface area contributed by atoms with E-state index in [9.17, 15) is 14.4 Å². The van der Waals surface area contributed by atoms with Crippen LogP contribution in [-0.4, -0.2) is 67.5 Å². The number of para-hydroxylation sites is 1. The lowest BCUT2D eigenvalue weighted by Gasteiger charge is -2.32. The molecule has 1 aromatic carbocycles. The molecule has 2 amide bonds. The first-order chi connectivity index (χ1) is 14.2. The van der Waals surface area contributed by atoms with Crippen LogP contribution in [0, 0.1) is 11.3 Å². The number of nitrogens with zero attached hydrogens (tertiary/aromatic N) is 2. The first-order valence-corrected chi connectivity index (χ1v) is 10.8. The molecule has 1 aromatic rings. The molecule has 0 aromatic heterocycles. The average molecular weight is 414 g/mol. The van der Waals surface area contributed by atoms with E-state index in [1.807, 2.05) is 49.1 Å². The van der Waals surface area contributed by atoms with Crippen molar-refractivity contribution in [3.05, 3.63) is 30.3 Å². The highest BCUT2D eigenvalue weighted by Gasteiger charge is 2.40. The van der Waals surface area contributed by atoms with Crippen LogP contribution in [-0.2, 0) is 9.59 Å². The Morgan fingerprint density at radius 2 is 1.73 bits per heavy atom. The molecule has 0 unspecified atom stereocenters. The van der Waals surface area contributed by atoms with Gasteiger partial charge in [-0.25, -0.2) is 4.79 Å². The number of quaternary nitrogens is 1. The van der Waals surface area contributed by atoms with Crippen molar-refractivity contribution in [2.24, 2.45) is 16.3 Å². The monoisotopic (exact) mass is 413 g/mol. The summed E-state index contributed by atoms with van der Waals surface area (Å²) in [6.07, 6.45) is 0.878. The summed E-state index contributed by atoms with van der Waals surface area (Å²) in [4.78, 5) is 45.0. The van der Waals surface area contributed by atoms with Gasteiger partial charge in [-0.1, -0.05) is 32.0 Å². The number of urea groups is 1. The minimum atomic E-state index is -0.647. The van der Waals surface area contributed by atoms with E-state index in [-0.39, 0.29) is 23.0 Å². The van der Waals surface area contributed by atoms with E-state index < -0.39 is 5.92 Å². The molecule has 0 atom stereocenters. The molecule has 7 heteroatoms. The molecule has 1 aliphatic heterocycles. The van der Waals surface area contributed by atoms with Crippen molar-refractivity contribution in [1.29, 1.82) is 0 Å². The predicted octanol–water partition coefficient (Wildman–Crippen LogP) is 1.45. The number of piperazine rings is 1. The Morgan fingerprint density at radius 3 is 2.33 bits per heavy atom. The fourth-order valence-corrected chi connectivity index (χ4v) is 4.34. The van der Waals surface area contributed by atoms with Crippen LogP contribution in [0.4, 0.5) is 10.5 Å². The van der Waals surface area contributed by atoms with Crippen molar-refractivity contribution < 1.29 is 19.3 Å². The van der Waals surface area contributed by atoms with Gasteiger partial charge in [-0.2, -0.15) is 0 Å². The summed E-state index contributed by atoms with van der Waals surface area (Å²) in [6.45, 7) is 10.3. The molecular weight excluding hydrogens is 380 g/mol. The number of ketones is 2. The topological polar surface area (TPSA) is 83.3 Å². The number of anilines is 1. The Morgan fingerprint density at radius 1 is 1.13 bits per heavy atom. The lowest BCUT2D eigenvalue weighted by Crippen LogP contribution is -3.15. The minimum Gasteiger partial charge on any atom is -0.330 e. The molecule has 3 rings (SSSR count). The van der Waals surface area contributed by atoms with Crippen molar-refractivity contribution in [1.82, 2.24) is 4.90 Å². The van der Waals surface area contributed by atoms with E-state index in [0.717, 1.165) is 25.3 Å². The number of carbonyl (C=O) groups is 3. The Balaban J connectivity index is 1.43. The Labute approximate surface area is 178 Å². The molecule has 0 bridgehead atoms. The molecule has 162 valence electrons. The Kier molecular flexibility index (Phi) is 7.02. The number of hydrogen-bond acceptors (Lipinski definition) is 4. The average Bonchev–Trinajstić information content (AvgIpc) is 2.67. The summed E-state index contributed by atoms with van der Waals surface area (Å²) in [7, 11) is 0. The van der Waals surface area contributed by atoms with Crippen molar-refractivity contribution >= 4 is 29.0 Å². The summed E-state index contributed by atoms with van der Waals surface area (Å²) >= 11 is 0. The second kappa shape index (κ2) is 9.51. The van der Waals surface area contributed by atoms with Crippen LogP contribution in [0.15, 0.2) is 35.3 Å². The SMILES string of the molecule is CC(=NCC[NH+]1CCN(C(=O)Nc2ccccc2)CC1)C1C(=O)CC(C)(C)CC1=O. The molecule has 0 radical (unpaired) electrons. The van der Waals surface area contributed by atoms with Crippen LogP contribution in [0.2, 0.25) is 0 Å². The maximum atomic E-state index is 12.4. The third kappa shape index (κ3) is 5.75. The van der Waals surface area contributed by atoms with Gasteiger partial charge in [0, 0.05) is 24.2 Å². The van der Waals surface area contributed by atoms with Gasteiger partial charge < -0.3 is 15.1 Å². The van der Waals surface area contributed by atoms with Gasteiger partial charge in [-0.3, -0.25) is 14.6 Å². The molecule has 2 aliphatic rings. The number of benzene rings is 1. The first kappa shape index (κ1) is 22.2. The number of Topliss-reactive ketones (excluding diaryl/α,β-unsaturated/α-hetero) is 2. The zero-order chi connectivity index (χ0) is 21.7. The number of amides is 2. The van der Waals surface area contributed by atoms with Crippen molar-refractivity contribution in [2.45, 2.75) is 33.6 Å². The quantitative estimate of drug-likeness (QED) is 0.566. The minimum absolute atomic E-state index is 0.00268. The van der Waals surface area contributed by atoms with Gasteiger partial charge in [0.05, 0.1) is 39.3 Å². The van der Waals surface area contributed by atoms with E-state index in [0.29, 0.717) is 38.2 Å². The number of aliphatic imine (C=N–C) groups is 1. The molecule has 30 heavy (non-hydrogen) atoms. The van der Waals surface area contributed by atoms with Crippen molar-refractivity contribution in [2.75, 3.05) is 44.6 Å². The molecule has 1 heterocycles. The highest BCUT2D eigenvalue weighted by Crippen LogP contribution is 2.34. The zero-order valence-corrected chi connectivity index (χ0v) is 18.2. The van der Waals surface area contributed by atoms with Gasteiger partial charge in [0.15, 0.2) is 0 Å². The highest BCUT2D eigenvalue weighted by atomic mass is 16.2. The summed E-state index contributed by atoms with van der Waals surface area (Å²) in [6, 6.07) is 9.41. The molecule has 1 saturated heterocycles. The fourth-order valence-electron chi connectivity index (χ4n) is 4.34. The summed E-state index contributed by atoms with van der Waals surface area (Å²) in [5.74, 6) is -0.641. The maximum Gasteiger partial charge on any atom is 0.322 e. The Hall–Kier alpha value is -2.54. The number of rotatable bonds is 5. The number of carbonyl (C=O) groups excluding carboxylic acids is 3. The van der Waals surface area contributed by atoms with E-state index in [4.69, 9.17) is 0 Å². The van der Waals surface area contributed by atoms with Crippen LogP contribution < -0.4 is 10.2 Å². The summed E-state index contributed by atoms with van der Waals surface area (Å²) in [5.41, 5.74) is 1.22. The predicted molar refractivity (Wildman–Crippen MR) is 117 cm³/mol. The van der Waals surface area contributed by atoms with Crippen LogP contribution in [0.1, 0.15) is 33.6 Å². The van der Waals surface area contributed by atoms with E-state index in [1.54, 1.807) is 6.92 Å². The lowest BCUT2D eigenvalue weighted by atomic mass is 9.70.